The van der Waals surface area contributed by atoms with Gasteiger partial charge in [-0.2, -0.15) is 8.78 Å². The maximum atomic E-state index is 14.7. The molecule has 3 aromatic rings. The van der Waals surface area contributed by atoms with E-state index in [9.17, 15) is 22.4 Å². The van der Waals surface area contributed by atoms with E-state index < -0.39 is 31.4 Å². The van der Waals surface area contributed by atoms with Crippen LogP contribution in [0.4, 0.5) is 23.2 Å². The minimum atomic E-state index is -3.56. The average Bonchev–Trinajstić information content (AvgIpc) is 2.89. The van der Waals surface area contributed by atoms with Gasteiger partial charge in [0.2, 0.25) is 0 Å². The van der Waals surface area contributed by atoms with Gasteiger partial charge in [0.05, 0.1) is 25.3 Å². The molecular weight excluding hydrogens is 496 g/mol. The highest BCUT2D eigenvalue weighted by Crippen LogP contribution is 2.32. The largest absolute Gasteiger partial charge is 0.469 e. The second-order valence-corrected chi connectivity index (χ2v) is 8.27. The Morgan fingerprint density at radius 1 is 1.19 bits per heavy atom. The standard InChI is InChI=1S/C24H24F4N6O3/c1-15-18(10-16(13-30-15)12-24(27,28)31-22(35)17-2-4-29-5-3-17)19-11-20(34-6-8-36-9-7-34)23(33-32-19)37-14-21(25)26/h2-5,10-11,13,21H,6-9,12,14H2,1H3,(H,31,35). The Bertz CT molecular complexity index is 1230. The Morgan fingerprint density at radius 2 is 1.92 bits per heavy atom. The summed E-state index contributed by atoms with van der Waals surface area (Å²) in [4.78, 5) is 22.0. The number of aromatic nitrogens is 4. The van der Waals surface area contributed by atoms with Crippen LogP contribution < -0.4 is 15.0 Å². The molecule has 1 aliphatic heterocycles. The summed E-state index contributed by atoms with van der Waals surface area (Å²) in [7, 11) is 0. The van der Waals surface area contributed by atoms with Gasteiger partial charge in [-0.15, -0.1) is 10.2 Å². The van der Waals surface area contributed by atoms with Crippen LogP contribution in [0.3, 0.4) is 0 Å². The van der Waals surface area contributed by atoms with Crippen LogP contribution in [0.5, 0.6) is 5.88 Å². The molecule has 0 aliphatic carbocycles. The van der Waals surface area contributed by atoms with Crippen LogP contribution >= 0.6 is 0 Å². The third-order valence-corrected chi connectivity index (χ3v) is 5.52. The number of aryl methyl sites for hydroxylation is 1. The summed E-state index contributed by atoms with van der Waals surface area (Å²) in [5, 5.41) is 9.81. The van der Waals surface area contributed by atoms with Gasteiger partial charge in [0.1, 0.15) is 5.69 Å². The van der Waals surface area contributed by atoms with E-state index >= 15 is 0 Å². The summed E-state index contributed by atoms with van der Waals surface area (Å²) in [6, 6.07) is 2.19. The van der Waals surface area contributed by atoms with Crippen molar-refractivity contribution in [3.8, 4) is 17.1 Å². The van der Waals surface area contributed by atoms with Crippen molar-refractivity contribution < 1.29 is 31.8 Å². The van der Waals surface area contributed by atoms with Gasteiger partial charge >= 0.3 is 6.05 Å². The zero-order valence-corrected chi connectivity index (χ0v) is 19.8. The highest BCUT2D eigenvalue weighted by atomic mass is 19.3. The van der Waals surface area contributed by atoms with Gasteiger partial charge in [-0.25, -0.2) is 8.78 Å². The smallest absolute Gasteiger partial charge is 0.329 e. The Morgan fingerprint density at radius 3 is 2.62 bits per heavy atom. The highest BCUT2D eigenvalue weighted by molar-refractivity contribution is 5.94. The molecular formula is C24H24F4N6O3. The lowest BCUT2D eigenvalue weighted by Gasteiger charge is -2.29. The van der Waals surface area contributed by atoms with Crippen molar-refractivity contribution in [2.45, 2.75) is 25.8 Å². The van der Waals surface area contributed by atoms with Crippen LogP contribution in [0, 0.1) is 6.92 Å². The van der Waals surface area contributed by atoms with Crippen LogP contribution in [0.25, 0.3) is 11.3 Å². The predicted molar refractivity (Wildman–Crippen MR) is 125 cm³/mol. The Labute approximate surface area is 209 Å². The molecule has 0 unspecified atom stereocenters. The molecule has 0 atom stereocenters. The Hall–Kier alpha value is -3.87. The number of halogens is 4. The molecule has 4 rings (SSSR count). The van der Waals surface area contributed by atoms with Crippen molar-refractivity contribution in [1.82, 2.24) is 25.5 Å². The maximum Gasteiger partial charge on any atom is 0.329 e. The molecule has 0 aromatic carbocycles. The van der Waals surface area contributed by atoms with Crippen LogP contribution in [-0.4, -0.2) is 71.5 Å². The summed E-state index contributed by atoms with van der Waals surface area (Å²) in [5.41, 5.74) is 1.87. The van der Waals surface area contributed by atoms with Gasteiger partial charge in [0.25, 0.3) is 18.2 Å². The van der Waals surface area contributed by atoms with E-state index in [1.807, 2.05) is 4.90 Å². The van der Waals surface area contributed by atoms with Crippen molar-refractivity contribution in [2.75, 3.05) is 37.8 Å². The molecule has 0 bridgehead atoms. The molecule has 1 aliphatic rings. The molecule has 13 heteroatoms. The lowest BCUT2D eigenvalue weighted by molar-refractivity contribution is -0.0269. The zero-order chi connectivity index (χ0) is 26.4. The summed E-state index contributed by atoms with van der Waals surface area (Å²) < 4.78 is 65.4. The maximum absolute atomic E-state index is 14.7. The molecule has 0 radical (unpaired) electrons. The van der Waals surface area contributed by atoms with Crippen LogP contribution in [0.2, 0.25) is 0 Å². The van der Waals surface area contributed by atoms with E-state index in [-0.39, 0.29) is 17.0 Å². The fourth-order valence-electron chi connectivity index (χ4n) is 3.75. The van der Waals surface area contributed by atoms with Gasteiger partial charge in [-0.1, -0.05) is 0 Å². The number of nitrogens with zero attached hydrogens (tertiary/aromatic N) is 5. The Balaban J connectivity index is 1.59. The SMILES string of the molecule is Cc1ncc(CC(F)(F)NC(=O)c2ccncc2)cc1-c1cc(N2CCOCC2)c(OCC(F)F)nn1. The van der Waals surface area contributed by atoms with Gasteiger partial charge in [-0.05, 0) is 36.8 Å². The number of pyridine rings is 2. The number of alkyl halides is 4. The normalized spacial score (nSPS) is 14.1. The Kier molecular flexibility index (Phi) is 8.11. The number of carbonyl (C=O) groups is 1. The first-order chi connectivity index (χ1) is 17.7. The lowest BCUT2D eigenvalue weighted by atomic mass is 10.0. The van der Waals surface area contributed by atoms with E-state index in [0.717, 1.165) is 0 Å². The number of rotatable bonds is 9. The van der Waals surface area contributed by atoms with Crippen LogP contribution in [-0.2, 0) is 11.2 Å². The van der Waals surface area contributed by atoms with Crippen molar-refractivity contribution in [3.63, 3.8) is 0 Å². The fraction of sp³-hybridized carbons (Fsp3) is 0.375. The van der Waals surface area contributed by atoms with E-state index in [2.05, 4.69) is 20.2 Å². The summed E-state index contributed by atoms with van der Waals surface area (Å²) >= 11 is 0. The number of hydrogen-bond donors (Lipinski definition) is 1. The lowest BCUT2D eigenvalue weighted by Crippen LogP contribution is -2.42. The first-order valence-electron chi connectivity index (χ1n) is 11.4. The van der Waals surface area contributed by atoms with E-state index in [1.54, 1.807) is 18.3 Å². The van der Waals surface area contributed by atoms with E-state index in [1.165, 1.54) is 36.8 Å². The number of hydrogen-bond acceptors (Lipinski definition) is 8. The van der Waals surface area contributed by atoms with Gasteiger partial charge in [-0.3, -0.25) is 20.1 Å². The van der Waals surface area contributed by atoms with Crippen molar-refractivity contribution in [3.05, 3.63) is 59.7 Å². The summed E-state index contributed by atoms with van der Waals surface area (Å²) in [6.07, 6.45) is 0.451. The third-order valence-electron chi connectivity index (χ3n) is 5.52. The molecule has 0 saturated carbocycles. The molecule has 196 valence electrons. The quantitative estimate of drug-likeness (QED) is 0.339. The van der Waals surface area contributed by atoms with Gasteiger partial charge < -0.3 is 14.4 Å². The first-order valence-corrected chi connectivity index (χ1v) is 11.4. The van der Waals surface area contributed by atoms with E-state index in [4.69, 9.17) is 9.47 Å². The van der Waals surface area contributed by atoms with Gasteiger partial charge in [0.15, 0.2) is 6.61 Å². The van der Waals surface area contributed by atoms with Crippen molar-refractivity contribution in [2.24, 2.45) is 0 Å². The molecule has 4 heterocycles. The summed E-state index contributed by atoms with van der Waals surface area (Å²) in [5.74, 6) is -0.994. The average molecular weight is 520 g/mol. The number of anilines is 1. The molecule has 1 saturated heterocycles. The third kappa shape index (κ3) is 6.88. The number of ether oxygens (including phenoxy) is 2. The van der Waals surface area contributed by atoms with Crippen LogP contribution in [0.1, 0.15) is 21.6 Å². The summed E-state index contributed by atoms with van der Waals surface area (Å²) in [6.45, 7) is 2.67. The molecule has 1 fully saturated rings. The molecule has 3 aromatic heterocycles. The predicted octanol–water partition coefficient (Wildman–Crippen LogP) is 3.29. The molecule has 0 spiro atoms. The number of nitrogens with one attached hydrogen (secondary N) is 1. The van der Waals surface area contributed by atoms with Crippen LogP contribution in [0.15, 0.2) is 42.9 Å². The highest BCUT2D eigenvalue weighted by Gasteiger charge is 2.32. The molecule has 9 nitrogen and oxygen atoms in total. The molecule has 1 amide bonds. The number of amides is 1. The van der Waals surface area contributed by atoms with Crippen molar-refractivity contribution in [1.29, 1.82) is 0 Å². The minimum absolute atomic E-state index is 0.0532. The van der Waals surface area contributed by atoms with Crippen molar-refractivity contribution >= 4 is 11.6 Å². The second-order valence-electron chi connectivity index (χ2n) is 8.27. The number of morpholine rings is 1. The minimum Gasteiger partial charge on any atom is -0.469 e. The van der Waals surface area contributed by atoms with Gasteiger partial charge in [0, 0.05) is 48.5 Å². The second kappa shape index (κ2) is 11.5. The monoisotopic (exact) mass is 520 g/mol. The molecule has 37 heavy (non-hydrogen) atoms. The fourth-order valence-corrected chi connectivity index (χ4v) is 3.75. The number of carbonyl (C=O) groups excluding carboxylic acids is 1. The molecule has 1 N–H and O–H groups in total. The topological polar surface area (TPSA) is 102 Å². The first kappa shape index (κ1) is 26.2. The van der Waals surface area contributed by atoms with E-state index in [0.29, 0.717) is 48.9 Å². The zero-order valence-electron chi connectivity index (χ0n) is 19.8.